The number of piperidine rings is 1. The Labute approximate surface area is 114 Å². The molecule has 0 N–H and O–H groups in total. The van der Waals surface area contributed by atoms with Crippen LogP contribution in [0.3, 0.4) is 0 Å². The third kappa shape index (κ3) is 3.48. The molecule has 2 heteroatoms. The van der Waals surface area contributed by atoms with Gasteiger partial charge in [0.1, 0.15) is 0 Å². The molecule has 2 nitrogen and oxygen atoms in total. The third-order valence-corrected chi connectivity index (χ3v) is 5.10. The van der Waals surface area contributed by atoms with Gasteiger partial charge in [-0.15, -0.1) is 0 Å². The summed E-state index contributed by atoms with van der Waals surface area (Å²) in [4.78, 5) is 5.23. The molecule has 1 saturated carbocycles. The highest BCUT2D eigenvalue weighted by atomic mass is 15.2. The van der Waals surface area contributed by atoms with Crippen molar-refractivity contribution in [2.45, 2.75) is 77.9 Å². The SMILES string of the molecule is CC(C)N1CCCC1.CCC(C)N1CCC2CC21. The standard InChI is InChI=1S/C9H17N.C7H15N/c1-3-7(2)10-5-4-8-6-9(8)10;1-7(2)8-5-3-4-6-8/h7-9H,3-6H2,1-2H3;7H,3-6H2,1-2H3. The summed E-state index contributed by atoms with van der Waals surface area (Å²) in [6.45, 7) is 13.2. The lowest BCUT2D eigenvalue weighted by Gasteiger charge is -2.24. The van der Waals surface area contributed by atoms with E-state index in [2.05, 4.69) is 37.5 Å². The Hall–Kier alpha value is -0.0800. The Bertz CT molecular complexity index is 245. The van der Waals surface area contributed by atoms with Gasteiger partial charge < -0.3 is 4.90 Å². The molecule has 0 aromatic rings. The molecule has 0 aromatic carbocycles. The van der Waals surface area contributed by atoms with Crippen molar-refractivity contribution in [2.75, 3.05) is 19.6 Å². The Balaban J connectivity index is 0.000000138. The average molecular weight is 252 g/mol. The second-order valence-electron chi connectivity index (χ2n) is 6.68. The van der Waals surface area contributed by atoms with Gasteiger partial charge in [0.2, 0.25) is 0 Å². The van der Waals surface area contributed by atoms with Crippen molar-refractivity contribution in [3.8, 4) is 0 Å². The summed E-state index contributed by atoms with van der Waals surface area (Å²) in [6.07, 6.45) is 7.14. The maximum Gasteiger partial charge on any atom is 0.0131 e. The Morgan fingerprint density at radius 3 is 2.06 bits per heavy atom. The van der Waals surface area contributed by atoms with E-state index in [9.17, 15) is 0 Å². The topological polar surface area (TPSA) is 6.48 Å². The van der Waals surface area contributed by atoms with E-state index in [4.69, 9.17) is 0 Å². The van der Waals surface area contributed by atoms with Crippen LogP contribution in [-0.2, 0) is 0 Å². The highest BCUT2D eigenvalue weighted by Gasteiger charge is 2.47. The predicted octanol–water partition coefficient (Wildman–Crippen LogP) is 3.37. The van der Waals surface area contributed by atoms with E-state index < -0.39 is 0 Å². The fraction of sp³-hybridized carbons (Fsp3) is 1.00. The van der Waals surface area contributed by atoms with Gasteiger partial charge >= 0.3 is 0 Å². The summed E-state index contributed by atoms with van der Waals surface area (Å²) in [6, 6.07) is 2.63. The Kier molecular flexibility index (Phi) is 5.08. The first kappa shape index (κ1) is 14.3. The number of fused-ring (bicyclic) bond motifs is 1. The predicted molar refractivity (Wildman–Crippen MR) is 78.9 cm³/mol. The lowest BCUT2D eigenvalue weighted by Crippen LogP contribution is -2.32. The van der Waals surface area contributed by atoms with Gasteiger partial charge in [-0.05, 0) is 78.4 Å². The zero-order chi connectivity index (χ0) is 13.1. The van der Waals surface area contributed by atoms with Crippen LogP contribution in [0.15, 0.2) is 0 Å². The van der Waals surface area contributed by atoms with Crippen LogP contribution >= 0.6 is 0 Å². The maximum absolute atomic E-state index is 2.70. The molecule has 0 radical (unpaired) electrons. The molecule has 2 heterocycles. The summed E-state index contributed by atoms with van der Waals surface area (Å²) in [5, 5.41) is 0. The van der Waals surface area contributed by atoms with E-state index in [1.54, 1.807) is 0 Å². The van der Waals surface area contributed by atoms with Gasteiger partial charge in [-0.25, -0.2) is 0 Å². The normalized spacial score (nSPS) is 33.2. The molecular formula is C16H32N2. The fourth-order valence-corrected chi connectivity index (χ4v) is 3.47. The Morgan fingerprint density at radius 2 is 1.72 bits per heavy atom. The van der Waals surface area contributed by atoms with Gasteiger partial charge in [0, 0.05) is 18.1 Å². The molecule has 18 heavy (non-hydrogen) atoms. The van der Waals surface area contributed by atoms with Crippen LogP contribution in [0, 0.1) is 5.92 Å². The van der Waals surface area contributed by atoms with E-state index in [1.165, 1.54) is 51.7 Å². The van der Waals surface area contributed by atoms with E-state index >= 15 is 0 Å². The molecule has 1 aliphatic carbocycles. The molecule has 3 fully saturated rings. The van der Waals surface area contributed by atoms with Crippen LogP contribution in [0.4, 0.5) is 0 Å². The van der Waals surface area contributed by atoms with E-state index in [-0.39, 0.29) is 0 Å². The first-order chi connectivity index (χ1) is 8.63. The molecule has 0 bridgehead atoms. The number of hydrogen-bond donors (Lipinski definition) is 0. The number of hydrogen-bond acceptors (Lipinski definition) is 2. The molecular weight excluding hydrogens is 220 g/mol. The lowest BCUT2D eigenvalue weighted by atomic mass is 10.2. The van der Waals surface area contributed by atoms with Crippen molar-refractivity contribution >= 4 is 0 Å². The van der Waals surface area contributed by atoms with Gasteiger partial charge in [-0.3, -0.25) is 4.90 Å². The number of likely N-dealkylation sites (tertiary alicyclic amines) is 2. The van der Waals surface area contributed by atoms with Crippen LogP contribution < -0.4 is 0 Å². The molecule has 2 saturated heterocycles. The zero-order valence-electron chi connectivity index (χ0n) is 12.9. The zero-order valence-corrected chi connectivity index (χ0v) is 12.9. The average Bonchev–Trinajstić information content (AvgIpc) is 2.85. The summed E-state index contributed by atoms with van der Waals surface area (Å²) in [7, 11) is 0. The van der Waals surface area contributed by atoms with Gasteiger partial charge in [0.05, 0.1) is 0 Å². The van der Waals surface area contributed by atoms with Crippen LogP contribution in [0.5, 0.6) is 0 Å². The van der Waals surface area contributed by atoms with Crippen LogP contribution in [-0.4, -0.2) is 47.6 Å². The minimum absolute atomic E-state index is 0.775. The molecule has 0 spiro atoms. The molecule has 106 valence electrons. The highest BCUT2D eigenvalue weighted by molar-refractivity contribution is 5.02. The lowest BCUT2D eigenvalue weighted by molar-refractivity contribution is 0.222. The molecule has 3 rings (SSSR count). The summed E-state index contributed by atoms with van der Waals surface area (Å²) in [5.41, 5.74) is 0. The molecule has 3 atom stereocenters. The van der Waals surface area contributed by atoms with Gasteiger partial charge in [0.15, 0.2) is 0 Å². The van der Waals surface area contributed by atoms with Crippen molar-refractivity contribution in [2.24, 2.45) is 5.92 Å². The smallest absolute Gasteiger partial charge is 0.0131 e. The molecule has 0 aromatic heterocycles. The van der Waals surface area contributed by atoms with Gasteiger partial charge in [-0.1, -0.05) is 6.92 Å². The maximum atomic E-state index is 2.70. The molecule has 0 amide bonds. The largest absolute Gasteiger partial charge is 0.301 e. The van der Waals surface area contributed by atoms with Crippen molar-refractivity contribution in [3.05, 3.63) is 0 Å². The van der Waals surface area contributed by atoms with Crippen molar-refractivity contribution in [3.63, 3.8) is 0 Å². The second kappa shape index (κ2) is 6.38. The summed E-state index contributed by atoms with van der Waals surface area (Å²) >= 11 is 0. The van der Waals surface area contributed by atoms with Gasteiger partial charge in [-0.2, -0.15) is 0 Å². The first-order valence-corrected chi connectivity index (χ1v) is 8.13. The van der Waals surface area contributed by atoms with Crippen molar-refractivity contribution < 1.29 is 0 Å². The monoisotopic (exact) mass is 252 g/mol. The second-order valence-corrected chi connectivity index (χ2v) is 6.68. The summed E-state index contributed by atoms with van der Waals surface area (Å²) < 4.78 is 0. The highest BCUT2D eigenvalue weighted by Crippen LogP contribution is 2.45. The first-order valence-electron chi connectivity index (χ1n) is 8.13. The minimum Gasteiger partial charge on any atom is -0.301 e. The quantitative estimate of drug-likeness (QED) is 0.760. The number of rotatable bonds is 3. The summed E-state index contributed by atoms with van der Waals surface area (Å²) in [5.74, 6) is 1.11. The third-order valence-electron chi connectivity index (χ3n) is 5.10. The van der Waals surface area contributed by atoms with Gasteiger partial charge in [0.25, 0.3) is 0 Å². The van der Waals surface area contributed by atoms with Crippen molar-refractivity contribution in [1.82, 2.24) is 9.80 Å². The fourth-order valence-electron chi connectivity index (χ4n) is 3.47. The minimum atomic E-state index is 0.775. The van der Waals surface area contributed by atoms with Crippen LogP contribution in [0.1, 0.15) is 59.8 Å². The van der Waals surface area contributed by atoms with E-state index in [0.29, 0.717) is 0 Å². The molecule has 3 aliphatic rings. The van der Waals surface area contributed by atoms with E-state index in [0.717, 1.165) is 24.0 Å². The molecule has 2 aliphatic heterocycles. The van der Waals surface area contributed by atoms with Crippen LogP contribution in [0.2, 0.25) is 0 Å². The number of nitrogens with zero attached hydrogens (tertiary/aromatic N) is 2. The Morgan fingerprint density at radius 1 is 1.06 bits per heavy atom. The van der Waals surface area contributed by atoms with Crippen molar-refractivity contribution in [1.29, 1.82) is 0 Å². The van der Waals surface area contributed by atoms with Crippen LogP contribution in [0.25, 0.3) is 0 Å². The molecule has 3 unspecified atom stereocenters. The van der Waals surface area contributed by atoms with E-state index in [1.807, 2.05) is 0 Å².